The first-order valence-corrected chi connectivity index (χ1v) is 9.89. The number of nitrogens with zero attached hydrogens (tertiary/aromatic N) is 3. The number of carbonyl (C=O) groups is 1. The van der Waals surface area contributed by atoms with Crippen molar-refractivity contribution in [1.29, 1.82) is 0 Å². The SMILES string of the molecule is O=C(N[C@@H](c1ccc(F)cc1)[C@H]1CCCO1)C1CCN(c2cnccn2)CC1. The number of hydrogen-bond donors (Lipinski definition) is 1. The van der Waals surface area contributed by atoms with Crippen LogP contribution in [0.15, 0.2) is 42.9 Å². The molecule has 1 N–H and O–H groups in total. The lowest BCUT2D eigenvalue weighted by Gasteiger charge is -2.33. The Morgan fingerprint density at radius 2 is 1.96 bits per heavy atom. The van der Waals surface area contributed by atoms with Gasteiger partial charge in [0.25, 0.3) is 0 Å². The van der Waals surface area contributed by atoms with Gasteiger partial charge in [-0.3, -0.25) is 9.78 Å². The molecule has 4 rings (SSSR count). The predicted octanol–water partition coefficient (Wildman–Crippen LogP) is 2.87. The quantitative estimate of drug-likeness (QED) is 0.859. The van der Waals surface area contributed by atoms with Crippen LogP contribution in [0.2, 0.25) is 0 Å². The molecule has 0 radical (unpaired) electrons. The molecule has 0 unspecified atom stereocenters. The maximum absolute atomic E-state index is 13.3. The summed E-state index contributed by atoms with van der Waals surface area (Å²) >= 11 is 0. The van der Waals surface area contributed by atoms with E-state index in [0.717, 1.165) is 50.2 Å². The van der Waals surface area contributed by atoms with Crippen molar-refractivity contribution in [3.8, 4) is 0 Å². The average Bonchev–Trinajstić information content (AvgIpc) is 3.28. The molecule has 0 bridgehead atoms. The van der Waals surface area contributed by atoms with E-state index in [2.05, 4.69) is 20.2 Å². The summed E-state index contributed by atoms with van der Waals surface area (Å²) in [6.07, 6.45) is 8.45. The van der Waals surface area contributed by atoms with Crippen LogP contribution in [0, 0.1) is 11.7 Å². The van der Waals surface area contributed by atoms with Crippen molar-refractivity contribution in [2.24, 2.45) is 5.92 Å². The summed E-state index contributed by atoms with van der Waals surface area (Å²) in [5.74, 6) is 0.573. The lowest BCUT2D eigenvalue weighted by Crippen LogP contribution is -2.44. The van der Waals surface area contributed by atoms with Crippen LogP contribution in [0.5, 0.6) is 0 Å². The lowest BCUT2D eigenvalue weighted by molar-refractivity contribution is -0.127. The fourth-order valence-electron chi connectivity index (χ4n) is 4.02. The molecule has 2 aromatic rings. The van der Waals surface area contributed by atoms with Gasteiger partial charge in [-0.05, 0) is 43.4 Å². The van der Waals surface area contributed by atoms with E-state index in [4.69, 9.17) is 4.74 Å². The van der Waals surface area contributed by atoms with Gasteiger partial charge in [-0.1, -0.05) is 12.1 Å². The van der Waals surface area contributed by atoms with Crippen molar-refractivity contribution in [1.82, 2.24) is 15.3 Å². The second kappa shape index (κ2) is 8.65. The topological polar surface area (TPSA) is 67.3 Å². The number of rotatable bonds is 5. The molecular weight excluding hydrogens is 359 g/mol. The van der Waals surface area contributed by atoms with Gasteiger partial charge in [-0.15, -0.1) is 0 Å². The first kappa shape index (κ1) is 18.8. The van der Waals surface area contributed by atoms with Gasteiger partial charge < -0.3 is 15.0 Å². The molecule has 3 heterocycles. The third-order valence-electron chi connectivity index (χ3n) is 5.60. The zero-order valence-electron chi connectivity index (χ0n) is 15.8. The molecule has 0 saturated carbocycles. The number of hydrogen-bond acceptors (Lipinski definition) is 5. The van der Waals surface area contributed by atoms with Crippen molar-refractivity contribution in [2.75, 3.05) is 24.6 Å². The molecule has 1 aromatic carbocycles. The van der Waals surface area contributed by atoms with Gasteiger partial charge in [0.05, 0.1) is 18.3 Å². The molecule has 2 aliphatic rings. The molecule has 7 heteroatoms. The summed E-state index contributed by atoms with van der Waals surface area (Å²) in [7, 11) is 0. The van der Waals surface area contributed by atoms with Crippen LogP contribution in [-0.4, -0.2) is 41.7 Å². The van der Waals surface area contributed by atoms with E-state index >= 15 is 0 Å². The first-order valence-electron chi connectivity index (χ1n) is 9.89. The number of benzene rings is 1. The molecular formula is C21H25FN4O2. The Hall–Kier alpha value is -2.54. The fourth-order valence-corrected chi connectivity index (χ4v) is 4.02. The van der Waals surface area contributed by atoms with E-state index in [1.54, 1.807) is 30.7 Å². The molecule has 1 amide bonds. The number of anilines is 1. The van der Waals surface area contributed by atoms with Gasteiger partial charge in [-0.25, -0.2) is 9.37 Å². The van der Waals surface area contributed by atoms with E-state index in [1.807, 2.05) is 0 Å². The second-order valence-electron chi connectivity index (χ2n) is 7.41. The minimum Gasteiger partial charge on any atom is -0.376 e. The highest BCUT2D eigenvalue weighted by Gasteiger charge is 2.32. The van der Waals surface area contributed by atoms with Crippen molar-refractivity contribution in [2.45, 2.75) is 37.8 Å². The standard InChI is InChI=1S/C21H25FN4O2/c22-17-5-3-15(4-6-17)20(18-2-1-13-28-18)25-21(27)16-7-11-26(12-8-16)19-14-23-9-10-24-19/h3-6,9-10,14,16,18,20H,1-2,7-8,11-13H2,(H,25,27)/t18-,20+/m1/s1. The summed E-state index contributed by atoms with van der Waals surface area (Å²) in [6, 6.07) is 6.09. The fraction of sp³-hybridized carbons (Fsp3) is 0.476. The van der Waals surface area contributed by atoms with Crippen molar-refractivity contribution in [3.63, 3.8) is 0 Å². The Morgan fingerprint density at radius 3 is 2.61 bits per heavy atom. The summed E-state index contributed by atoms with van der Waals surface area (Å²) in [5, 5.41) is 3.19. The first-order chi connectivity index (χ1) is 13.7. The monoisotopic (exact) mass is 384 g/mol. The smallest absolute Gasteiger partial charge is 0.223 e. The van der Waals surface area contributed by atoms with Gasteiger partial charge in [0, 0.05) is 38.0 Å². The van der Waals surface area contributed by atoms with E-state index in [9.17, 15) is 9.18 Å². The normalized spacial score (nSPS) is 21.5. The highest BCUT2D eigenvalue weighted by molar-refractivity contribution is 5.79. The number of carbonyl (C=O) groups excluding carboxylic acids is 1. The molecule has 1 aromatic heterocycles. The van der Waals surface area contributed by atoms with E-state index in [1.165, 1.54) is 12.1 Å². The van der Waals surface area contributed by atoms with Crippen molar-refractivity contribution < 1.29 is 13.9 Å². The molecule has 2 saturated heterocycles. The number of nitrogens with one attached hydrogen (secondary N) is 1. The molecule has 2 atom stereocenters. The van der Waals surface area contributed by atoms with Gasteiger partial charge in [0.15, 0.2) is 0 Å². The highest BCUT2D eigenvalue weighted by Crippen LogP contribution is 2.29. The van der Waals surface area contributed by atoms with Gasteiger partial charge in [0.1, 0.15) is 11.6 Å². The predicted molar refractivity (Wildman–Crippen MR) is 103 cm³/mol. The third kappa shape index (κ3) is 4.30. The van der Waals surface area contributed by atoms with Crippen LogP contribution in [0.1, 0.15) is 37.3 Å². The number of ether oxygens (including phenoxy) is 1. The molecule has 6 nitrogen and oxygen atoms in total. The van der Waals surface area contributed by atoms with Crippen LogP contribution in [0.3, 0.4) is 0 Å². The Labute approximate surface area is 164 Å². The maximum Gasteiger partial charge on any atom is 0.223 e. The van der Waals surface area contributed by atoms with Crippen LogP contribution in [0.25, 0.3) is 0 Å². The van der Waals surface area contributed by atoms with Gasteiger partial charge in [0.2, 0.25) is 5.91 Å². The molecule has 0 aliphatic carbocycles. The Morgan fingerprint density at radius 1 is 1.18 bits per heavy atom. The Bertz CT molecular complexity index is 773. The molecule has 148 valence electrons. The number of piperidine rings is 1. The molecule has 2 fully saturated rings. The summed E-state index contributed by atoms with van der Waals surface area (Å²) in [4.78, 5) is 23.6. The van der Waals surface area contributed by atoms with Crippen molar-refractivity contribution >= 4 is 11.7 Å². The van der Waals surface area contributed by atoms with Crippen LogP contribution >= 0.6 is 0 Å². The van der Waals surface area contributed by atoms with E-state index in [0.29, 0.717) is 6.61 Å². The molecule has 0 spiro atoms. The minimum atomic E-state index is -0.280. The number of aromatic nitrogens is 2. The van der Waals surface area contributed by atoms with Crippen molar-refractivity contribution in [3.05, 3.63) is 54.2 Å². The molecule has 2 aliphatic heterocycles. The van der Waals surface area contributed by atoms with Crippen LogP contribution in [-0.2, 0) is 9.53 Å². The molecule has 28 heavy (non-hydrogen) atoms. The maximum atomic E-state index is 13.3. The zero-order chi connectivity index (χ0) is 19.3. The minimum absolute atomic E-state index is 0.0442. The third-order valence-corrected chi connectivity index (χ3v) is 5.60. The largest absolute Gasteiger partial charge is 0.376 e. The second-order valence-corrected chi connectivity index (χ2v) is 7.41. The Kier molecular flexibility index (Phi) is 5.81. The zero-order valence-corrected chi connectivity index (χ0v) is 15.8. The van der Waals surface area contributed by atoms with Crippen LogP contribution < -0.4 is 10.2 Å². The van der Waals surface area contributed by atoms with Gasteiger partial charge in [-0.2, -0.15) is 0 Å². The summed E-state index contributed by atoms with van der Waals surface area (Å²) in [6.45, 7) is 2.25. The van der Waals surface area contributed by atoms with E-state index in [-0.39, 0.29) is 29.8 Å². The highest BCUT2D eigenvalue weighted by atomic mass is 19.1. The summed E-state index contributed by atoms with van der Waals surface area (Å²) < 4.78 is 19.2. The Balaban J connectivity index is 1.40. The van der Waals surface area contributed by atoms with E-state index < -0.39 is 0 Å². The number of halogens is 1. The lowest BCUT2D eigenvalue weighted by atomic mass is 9.93. The number of amides is 1. The summed E-state index contributed by atoms with van der Waals surface area (Å²) in [5.41, 5.74) is 0.888. The average molecular weight is 384 g/mol. The van der Waals surface area contributed by atoms with Gasteiger partial charge >= 0.3 is 0 Å². The van der Waals surface area contributed by atoms with Crippen LogP contribution in [0.4, 0.5) is 10.2 Å².